The number of sulfonamides is 1. The van der Waals surface area contributed by atoms with Crippen LogP contribution in [-0.2, 0) is 16.4 Å². The fourth-order valence-corrected chi connectivity index (χ4v) is 2.93. The zero-order valence-electron chi connectivity index (χ0n) is 11.0. The van der Waals surface area contributed by atoms with Crippen LogP contribution >= 0.6 is 0 Å². The Hall–Kier alpha value is -1.93. The number of aromatic amines is 2. The van der Waals surface area contributed by atoms with Gasteiger partial charge in [-0.05, 0) is 25.3 Å². The Morgan fingerprint density at radius 2 is 2.20 bits per heavy atom. The molecule has 0 aromatic carbocycles. The Kier molecular flexibility index (Phi) is 4.35. The van der Waals surface area contributed by atoms with Gasteiger partial charge in [0.05, 0.1) is 6.20 Å². The van der Waals surface area contributed by atoms with E-state index in [1.54, 1.807) is 6.20 Å². The number of nitrogens with zero attached hydrogens (tertiary/aromatic N) is 1. The summed E-state index contributed by atoms with van der Waals surface area (Å²) >= 11 is 0. The summed E-state index contributed by atoms with van der Waals surface area (Å²) in [5.74, 6) is 0. The molecule has 0 saturated carbocycles. The average molecular weight is 296 g/mol. The molecular formula is C12H16N4O3S. The Morgan fingerprint density at radius 1 is 1.40 bits per heavy atom. The van der Waals surface area contributed by atoms with Crippen LogP contribution in [0.2, 0.25) is 0 Å². The summed E-state index contributed by atoms with van der Waals surface area (Å²) in [6.45, 7) is 2.18. The van der Waals surface area contributed by atoms with Gasteiger partial charge in [-0.2, -0.15) is 5.10 Å². The van der Waals surface area contributed by atoms with Crippen molar-refractivity contribution in [2.24, 2.45) is 0 Å². The Morgan fingerprint density at radius 3 is 2.85 bits per heavy atom. The SMILES string of the molecule is Cc1[nH]ncc1CCCNS(=O)(=O)c1c[nH]ccc1=O. The summed E-state index contributed by atoms with van der Waals surface area (Å²) in [4.78, 5) is 13.8. The van der Waals surface area contributed by atoms with E-state index < -0.39 is 15.5 Å². The molecule has 0 aliphatic heterocycles. The lowest BCUT2D eigenvalue weighted by Gasteiger charge is -2.05. The molecule has 2 heterocycles. The molecule has 0 amide bonds. The molecular weight excluding hydrogens is 280 g/mol. The third-order valence-electron chi connectivity index (χ3n) is 2.93. The highest BCUT2D eigenvalue weighted by Crippen LogP contribution is 2.06. The molecule has 0 unspecified atom stereocenters. The summed E-state index contributed by atoms with van der Waals surface area (Å²) in [5.41, 5.74) is 1.51. The first-order valence-corrected chi connectivity index (χ1v) is 7.64. The maximum atomic E-state index is 11.9. The van der Waals surface area contributed by atoms with Crippen molar-refractivity contribution in [2.75, 3.05) is 6.54 Å². The van der Waals surface area contributed by atoms with Crippen molar-refractivity contribution < 1.29 is 8.42 Å². The van der Waals surface area contributed by atoms with Gasteiger partial charge in [-0.15, -0.1) is 0 Å². The van der Waals surface area contributed by atoms with Crippen molar-refractivity contribution in [2.45, 2.75) is 24.7 Å². The van der Waals surface area contributed by atoms with E-state index in [9.17, 15) is 13.2 Å². The molecule has 0 spiro atoms. The molecule has 0 aliphatic rings. The van der Waals surface area contributed by atoms with Gasteiger partial charge in [0.2, 0.25) is 15.5 Å². The summed E-state index contributed by atoms with van der Waals surface area (Å²) in [6, 6.07) is 1.18. The highest BCUT2D eigenvalue weighted by atomic mass is 32.2. The molecule has 7 nitrogen and oxygen atoms in total. The van der Waals surface area contributed by atoms with Crippen LogP contribution in [0.1, 0.15) is 17.7 Å². The number of aromatic nitrogens is 3. The van der Waals surface area contributed by atoms with Gasteiger partial charge in [0, 0.05) is 30.7 Å². The van der Waals surface area contributed by atoms with E-state index in [-0.39, 0.29) is 11.4 Å². The number of nitrogens with one attached hydrogen (secondary N) is 3. The molecule has 2 aromatic heterocycles. The van der Waals surface area contributed by atoms with Crippen LogP contribution in [0.25, 0.3) is 0 Å². The first-order chi connectivity index (χ1) is 9.50. The topological polar surface area (TPSA) is 108 Å². The van der Waals surface area contributed by atoms with E-state index in [0.29, 0.717) is 6.42 Å². The molecule has 2 rings (SSSR count). The van der Waals surface area contributed by atoms with Gasteiger partial charge in [-0.3, -0.25) is 9.89 Å². The molecule has 0 fully saturated rings. The largest absolute Gasteiger partial charge is 0.366 e. The number of rotatable bonds is 6. The van der Waals surface area contributed by atoms with Gasteiger partial charge in [0.1, 0.15) is 4.90 Å². The van der Waals surface area contributed by atoms with E-state index in [0.717, 1.165) is 17.7 Å². The number of pyridine rings is 1. The summed E-state index contributed by atoms with van der Waals surface area (Å²) in [5, 5.41) is 6.72. The number of hydrogen-bond acceptors (Lipinski definition) is 4. The van der Waals surface area contributed by atoms with E-state index in [2.05, 4.69) is 19.9 Å². The predicted molar refractivity (Wildman–Crippen MR) is 73.9 cm³/mol. The van der Waals surface area contributed by atoms with Gasteiger partial charge >= 0.3 is 0 Å². The third-order valence-corrected chi connectivity index (χ3v) is 4.41. The Bertz CT molecular complexity index is 733. The van der Waals surface area contributed by atoms with Gasteiger partial charge in [0.15, 0.2) is 0 Å². The highest BCUT2D eigenvalue weighted by Gasteiger charge is 2.16. The van der Waals surface area contributed by atoms with Gasteiger partial charge in [0.25, 0.3) is 0 Å². The monoisotopic (exact) mass is 296 g/mol. The summed E-state index contributed by atoms with van der Waals surface area (Å²) in [6.07, 6.45) is 5.65. The van der Waals surface area contributed by atoms with Crippen molar-refractivity contribution in [1.82, 2.24) is 19.9 Å². The maximum absolute atomic E-state index is 11.9. The van der Waals surface area contributed by atoms with Gasteiger partial charge < -0.3 is 4.98 Å². The Labute approximate surface area is 116 Å². The number of aryl methyl sites for hydroxylation is 2. The smallest absolute Gasteiger partial charge is 0.245 e. The van der Waals surface area contributed by atoms with Crippen LogP contribution in [0.4, 0.5) is 0 Å². The van der Waals surface area contributed by atoms with Crippen molar-refractivity contribution in [3.8, 4) is 0 Å². The lowest BCUT2D eigenvalue weighted by Crippen LogP contribution is -2.29. The molecule has 0 atom stereocenters. The van der Waals surface area contributed by atoms with E-state index in [1.807, 2.05) is 6.92 Å². The molecule has 0 bridgehead atoms. The summed E-state index contributed by atoms with van der Waals surface area (Å²) < 4.78 is 26.3. The van der Waals surface area contributed by atoms with Gasteiger partial charge in [-0.1, -0.05) is 0 Å². The molecule has 2 aromatic rings. The number of H-pyrrole nitrogens is 2. The second kappa shape index (κ2) is 6.02. The first-order valence-electron chi connectivity index (χ1n) is 6.16. The highest BCUT2D eigenvalue weighted by molar-refractivity contribution is 7.89. The van der Waals surface area contributed by atoms with Crippen LogP contribution in [0.3, 0.4) is 0 Å². The van der Waals surface area contributed by atoms with E-state index in [4.69, 9.17) is 0 Å². The van der Waals surface area contributed by atoms with Crippen LogP contribution in [0.15, 0.2) is 34.3 Å². The van der Waals surface area contributed by atoms with Crippen LogP contribution in [0.5, 0.6) is 0 Å². The molecule has 108 valence electrons. The molecule has 0 saturated heterocycles. The lowest BCUT2D eigenvalue weighted by atomic mass is 10.1. The van der Waals surface area contributed by atoms with E-state index in [1.165, 1.54) is 18.5 Å². The minimum Gasteiger partial charge on any atom is -0.366 e. The van der Waals surface area contributed by atoms with Gasteiger partial charge in [-0.25, -0.2) is 13.1 Å². The van der Waals surface area contributed by atoms with E-state index >= 15 is 0 Å². The maximum Gasteiger partial charge on any atom is 0.245 e. The summed E-state index contributed by atoms with van der Waals surface area (Å²) in [7, 11) is -3.76. The average Bonchev–Trinajstić information content (AvgIpc) is 2.81. The van der Waals surface area contributed by atoms with Crippen LogP contribution in [-0.4, -0.2) is 30.1 Å². The second-order valence-electron chi connectivity index (χ2n) is 4.39. The number of hydrogen-bond donors (Lipinski definition) is 3. The minimum atomic E-state index is -3.76. The fourth-order valence-electron chi connectivity index (χ4n) is 1.80. The lowest BCUT2D eigenvalue weighted by molar-refractivity contribution is 0.577. The zero-order chi connectivity index (χ0) is 14.6. The fraction of sp³-hybridized carbons (Fsp3) is 0.333. The van der Waals surface area contributed by atoms with Crippen LogP contribution < -0.4 is 10.2 Å². The quantitative estimate of drug-likeness (QED) is 0.667. The Balaban J connectivity index is 1.92. The molecule has 0 radical (unpaired) electrons. The van der Waals surface area contributed by atoms with Crippen molar-refractivity contribution >= 4 is 10.0 Å². The van der Waals surface area contributed by atoms with Crippen molar-refractivity contribution in [3.05, 3.63) is 46.1 Å². The molecule has 20 heavy (non-hydrogen) atoms. The van der Waals surface area contributed by atoms with Crippen LogP contribution in [0, 0.1) is 6.92 Å². The first kappa shape index (κ1) is 14.5. The third kappa shape index (κ3) is 3.34. The van der Waals surface area contributed by atoms with Crippen molar-refractivity contribution in [1.29, 1.82) is 0 Å². The second-order valence-corrected chi connectivity index (χ2v) is 6.13. The normalized spacial score (nSPS) is 11.7. The molecule has 0 aliphatic carbocycles. The zero-order valence-corrected chi connectivity index (χ0v) is 11.8. The molecule has 8 heteroatoms. The molecule has 3 N–H and O–H groups in total. The standard InChI is InChI=1S/C12H16N4O3S/c1-9-10(7-14-16-9)3-2-5-15-20(18,19)12-8-13-6-4-11(12)17/h4,6-8,15H,2-3,5H2,1H3,(H,13,17)(H,14,16). The minimum absolute atomic E-state index is 0.264. The predicted octanol–water partition coefficient (Wildman–Crippen LogP) is 0.318. The van der Waals surface area contributed by atoms with Crippen molar-refractivity contribution in [3.63, 3.8) is 0 Å².